The highest BCUT2D eigenvalue weighted by Gasteiger charge is 2.01. The second kappa shape index (κ2) is 6.10. The maximum Gasteiger partial charge on any atom is 0.227 e. The lowest BCUT2D eigenvalue weighted by atomic mass is 10.2. The van der Waals surface area contributed by atoms with Crippen LogP contribution in [0.3, 0.4) is 0 Å². The number of aromatic nitrogens is 3. The van der Waals surface area contributed by atoms with Gasteiger partial charge in [-0.3, -0.25) is 4.98 Å². The molecule has 0 aliphatic heterocycles. The van der Waals surface area contributed by atoms with Crippen LogP contribution >= 0.6 is 0 Å². The predicted octanol–water partition coefficient (Wildman–Crippen LogP) is 1.15. The van der Waals surface area contributed by atoms with Crippen molar-refractivity contribution in [3.63, 3.8) is 0 Å². The average molecular weight is 232 g/mol. The van der Waals surface area contributed by atoms with Gasteiger partial charge in [0, 0.05) is 37.8 Å². The number of aryl methyl sites for hydroxylation is 1. The molecule has 0 fully saturated rings. The molecule has 2 aromatic rings. The first-order chi connectivity index (χ1) is 8.34. The van der Waals surface area contributed by atoms with Crippen molar-refractivity contribution >= 4 is 0 Å². The van der Waals surface area contributed by atoms with Gasteiger partial charge in [-0.25, -0.2) is 0 Å². The Kier molecular flexibility index (Phi) is 4.21. The Morgan fingerprint density at radius 3 is 2.82 bits per heavy atom. The molecule has 0 spiro atoms. The molecule has 0 aromatic carbocycles. The first-order valence-corrected chi connectivity index (χ1v) is 5.74. The van der Waals surface area contributed by atoms with Crippen molar-refractivity contribution in [1.29, 1.82) is 0 Å². The molecule has 0 atom stereocenters. The summed E-state index contributed by atoms with van der Waals surface area (Å²) in [4.78, 5) is 8.39. The maximum atomic E-state index is 5.02. The fourth-order valence-corrected chi connectivity index (χ4v) is 1.52. The summed E-state index contributed by atoms with van der Waals surface area (Å²) in [6.45, 7) is 3.57. The second-order valence-electron chi connectivity index (χ2n) is 3.81. The van der Waals surface area contributed by atoms with E-state index in [4.69, 9.17) is 4.52 Å². The molecule has 1 N–H and O–H groups in total. The number of nitrogens with one attached hydrogen (secondary N) is 1. The summed E-state index contributed by atoms with van der Waals surface area (Å²) in [6.07, 6.45) is 3.52. The van der Waals surface area contributed by atoms with Crippen molar-refractivity contribution in [2.75, 3.05) is 13.1 Å². The van der Waals surface area contributed by atoms with Gasteiger partial charge in [-0.15, -0.1) is 0 Å². The fourth-order valence-electron chi connectivity index (χ4n) is 1.52. The van der Waals surface area contributed by atoms with Gasteiger partial charge >= 0.3 is 0 Å². The number of nitrogens with zero attached hydrogens (tertiary/aromatic N) is 3. The second-order valence-corrected chi connectivity index (χ2v) is 3.81. The third kappa shape index (κ3) is 3.96. The van der Waals surface area contributed by atoms with Gasteiger partial charge in [-0.1, -0.05) is 11.2 Å². The Morgan fingerprint density at radius 1 is 1.24 bits per heavy atom. The Balaban J connectivity index is 1.61. The number of hydrogen-bond acceptors (Lipinski definition) is 5. The monoisotopic (exact) mass is 232 g/mol. The van der Waals surface area contributed by atoms with Gasteiger partial charge < -0.3 is 9.84 Å². The molecule has 2 aromatic heterocycles. The van der Waals surface area contributed by atoms with E-state index >= 15 is 0 Å². The molecule has 5 nitrogen and oxygen atoms in total. The van der Waals surface area contributed by atoms with E-state index in [0.717, 1.165) is 31.6 Å². The molecule has 90 valence electrons. The van der Waals surface area contributed by atoms with Gasteiger partial charge in [0.2, 0.25) is 5.89 Å². The highest BCUT2D eigenvalue weighted by Crippen LogP contribution is 1.96. The molecule has 0 aliphatic carbocycles. The summed E-state index contributed by atoms with van der Waals surface area (Å²) < 4.78 is 5.02. The smallest absolute Gasteiger partial charge is 0.227 e. The van der Waals surface area contributed by atoms with E-state index in [-0.39, 0.29) is 0 Å². The fraction of sp³-hybridized carbons (Fsp3) is 0.417. The van der Waals surface area contributed by atoms with E-state index in [1.165, 1.54) is 0 Å². The average Bonchev–Trinajstić information content (AvgIpc) is 2.76. The molecule has 0 bridgehead atoms. The zero-order chi connectivity index (χ0) is 11.9. The van der Waals surface area contributed by atoms with E-state index in [0.29, 0.717) is 11.7 Å². The van der Waals surface area contributed by atoms with Crippen LogP contribution in [0.25, 0.3) is 0 Å². The van der Waals surface area contributed by atoms with Crippen LogP contribution in [0, 0.1) is 6.92 Å². The molecule has 0 aliphatic rings. The SMILES string of the molecule is Cc1noc(CCNCCc2ccccn2)n1. The van der Waals surface area contributed by atoms with Gasteiger partial charge in [0.05, 0.1) is 0 Å². The van der Waals surface area contributed by atoms with E-state index in [1.54, 1.807) is 0 Å². The lowest BCUT2D eigenvalue weighted by Gasteiger charge is -2.02. The van der Waals surface area contributed by atoms with Gasteiger partial charge in [0.15, 0.2) is 5.82 Å². The number of hydrogen-bond donors (Lipinski definition) is 1. The molecular formula is C12H16N4O. The Labute approximate surface area is 100 Å². The van der Waals surface area contributed by atoms with Crippen LogP contribution in [-0.4, -0.2) is 28.2 Å². The van der Waals surface area contributed by atoms with Gasteiger partial charge in [0.25, 0.3) is 0 Å². The Bertz CT molecular complexity index is 441. The van der Waals surface area contributed by atoms with E-state index in [2.05, 4.69) is 20.4 Å². The zero-order valence-electron chi connectivity index (χ0n) is 9.89. The van der Waals surface area contributed by atoms with Crippen LogP contribution in [0.4, 0.5) is 0 Å². The summed E-state index contributed by atoms with van der Waals surface area (Å²) in [5.74, 6) is 1.38. The Morgan fingerprint density at radius 2 is 2.12 bits per heavy atom. The number of pyridine rings is 1. The molecule has 0 unspecified atom stereocenters. The lowest BCUT2D eigenvalue weighted by Crippen LogP contribution is -2.20. The normalized spacial score (nSPS) is 10.6. The molecule has 0 saturated heterocycles. The van der Waals surface area contributed by atoms with Crippen LogP contribution in [0.15, 0.2) is 28.9 Å². The molecule has 17 heavy (non-hydrogen) atoms. The molecule has 0 amide bonds. The topological polar surface area (TPSA) is 63.8 Å². The Hall–Kier alpha value is -1.75. The van der Waals surface area contributed by atoms with Crippen LogP contribution in [0.5, 0.6) is 0 Å². The standard InChI is InChI=1S/C12H16N4O/c1-10-15-12(17-16-10)6-9-13-8-5-11-4-2-3-7-14-11/h2-4,7,13H,5-6,8-9H2,1H3. The largest absolute Gasteiger partial charge is 0.339 e. The summed E-state index contributed by atoms with van der Waals surface area (Å²) in [7, 11) is 0. The minimum Gasteiger partial charge on any atom is -0.339 e. The van der Waals surface area contributed by atoms with E-state index in [9.17, 15) is 0 Å². The van der Waals surface area contributed by atoms with Gasteiger partial charge in [-0.2, -0.15) is 4.98 Å². The van der Waals surface area contributed by atoms with Crippen molar-refractivity contribution in [2.45, 2.75) is 19.8 Å². The zero-order valence-corrected chi connectivity index (χ0v) is 9.89. The summed E-state index contributed by atoms with van der Waals surface area (Å²) in [5.41, 5.74) is 1.11. The van der Waals surface area contributed by atoms with Crippen molar-refractivity contribution in [3.05, 3.63) is 41.8 Å². The van der Waals surface area contributed by atoms with Gasteiger partial charge in [0.1, 0.15) is 0 Å². The highest BCUT2D eigenvalue weighted by molar-refractivity contribution is 5.03. The number of rotatable bonds is 6. The predicted molar refractivity (Wildman–Crippen MR) is 63.5 cm³/mol. The quantitative estimate of drug-likeness (QED) is 0.757. The van der Waals surface area contributed by atoms with Crippen LogP contribution in [0.1, 0.15) is 17.4 Å². The molecular weight excluding hydrogens is 216 g/mol. The van der Waals surface area contributed by atoms with E-state index in [1.807, 2.05) is 31.3 Å². The summed E-state index contributed by atoms with van der Waals surface area (Å²) >= 11 is 0. The molecule has 2 rings (SSSR count). The van der Waals surface area contributed by atoms with Crippen molar-refractivity contribution in [3.8, 4) is 0 Å². The van der Waals surface area contributed by atoms with Crippen molar-refractivity contribution < 1.29 is 4.52 Å². The van der Waals surface area contributed by atoms with E-state index < -0.39 is 0 Å². The minimum absolute atomic E-state index is 0.688. The molecule has 2 heterocycles. The summed E-state index contributed by atoms with van der Waals surface area (Å²) in [6, 6.07) is 5.96. The summed E-state index contributed by atoms with van der Waals surface area (Å²) in [5, 5.41) is 7.06. The maximum absolute atomic E-state index is 5.02. The highest BCUT2D eigenvalue weighted by atomic mass is 16.5. The molecule has 0 saturated carbocycles. The van der Waals surface area contributed by atoms with Crippen molar-refractivity contribution in [2.24, 2.45) is 0 Å². The minimum atomic E-state index is 0.688. The van der Waals surface area contributed by atoms with Crippen molar-refractivity contribution in [1.82, 2.24) is 20.4 Å². The third-order valence-electron chi connectivity index (χ3n) is 2.37. The van der Waals surface area contributed by atoms with Crippen LogP contribution in [0.2, 0.25) is 0 Å². The molecule has 5 heteroatoms. The third-order valence-corrected chi connectivity index (χ3v) is 2.37. The first-order valence-electron chi connectivity index (χ1n) is 5.74. The van der Waals surface area contributed by atoms with Gasteiger partial charge in [-0.05, 0) is 19.1 Å². The lowest BCUT2D eigenvalue weighted by molar-refractivity contribution is 0.372. The molecule has 0 radical (unpaired) electrons. The van der Waals surface area contributed by atoms with Crippen LogP contribution in [-0.2, 0) is 12.8 Å². The first kappa shape index (κ1) is 11.7. The van der Waals surface area contributed by atoms with Crippen LogP contribution < -0.4 is 5.32 Å².